The quantitative estimate of drug-likeness (QED) is 0.846. The van der Waals surface area contributed by atoms with Crippen molar-refractivity contribution in [2.24, 2.45) is 11.1 Å². The highest BCUT2D eigenvalue weighted by Gasteiger charge is 2.48. The lowest BCUT2D eigenvalue weighted by molar-refractivity contribution is -0.107. The number of nitrogens with two attached hydrogens (primary N) is 1. The standard InChI is InChI=1S/C13H16F2N2/c1-12(2,8-16)13(14,15)10-7-17-11-6-4-3-5-9(10)11/h3-7,17H,8,16H2,1-2H3. The van der Waals surface area contributed by atoms with Gasteiger partial charge < -0.3 is 10.7 Å². The number of para-hydroxylation sites is 1. The maximum atomic E-state index is 14.4. The second-order valence-corrected chi connectivity index (χ2v) is 4.91. The average Bonchev–Trinajstić information content (AvgIpc) is 2.72. The van der Waals surface area contributed by atoms with E-state index in [9.17, 15) is 8.78 Å². The van der Waals surface area contributed by atoms with Crippen LogP contribution in [-0.2, 0) is 5.92 Å². The molecule has 92 valence electrons. The van der Waals surface area contributed by atoms with Crippen LogP contribution >= 0.6 is 0 Å². The number of rotatable bonds is 3. The Morgan fingerprint density at radius 3 is 2.53 bits per heavy atom. The number of aromatic nitrogens is 1. The van der Waals surface area contributed by atoms with Crippen molar-refractivity contribution in [3.63, 3.8) is 0 Å². The predicted octanol–water partition coefficient (Wildman–Crippen LogP) is 3.24. The van der Waals surface area contributed by atoms with Crippen molar-refractivity contribution in [1.29, 1.82) is 0 Å². The van der Waals surface area contributed by atoms with Gasteiger partial charge in [0.25, 0.3) is 5.92 Å². The Balaban J connectivity index is 2.60. The fourth-order valence-electron chi connectivity index (χ4n) is 1.82. The number of H-pyrrole nitrogens is 1. The lowest BCUT2D eigenvalue weighted by atomic mass is 9.81. The SMILES string of the molecule is CC(C)(CN)C(F)(F)c1c[nH]c2ccccc12. The van der Waals surface area contributed by atoms with Gasteiger partial charge in [0.1, 0.15) is 0 Å². The van der Waals surface area contributed by atoms with E-state index in [2.05, 4.69) is 4.98 Å². The number of benzene rings is 1. The smallest absolute Gasteiger partial charge is 0.281 e. The second-order valence-electron chi connectivity index (χ2n) is 4.91. The van der Waals surface area contributed by atoms with Crippen LogP contribution in [0.2, 0.25) is 0 Å². The molecule has 0 unspecified atom stereocenters. The molecule has 0 fully saturated rings. The summed E-state index contributed by atoms with van der Waals surface area (Å²) in [5, 5.41) is 0.555. The van der Waals surface area contributed by atoms with Gasteiger partial charge in [0.15, 0.2) is 0 Å². The predicted molar refractivity (Wildman–Crippen MR) is 65.0 cm³/mol. The van der Waals surface area contributed by atoms with Crippen molar-refractivity contribution in [3.05, 3.63) is 36.0 Å². The number of alkyl halides is 2. The van der Waals surface area contributed by atoms with Crippen molar-refractivity contribution >= 4 is 10.9 Å². The van der Waals surface area contributed by atoms with E-state index in [0.717, 1.165) is 5.52 Å². The summed E-state index contributed by atoms with van der Waals surface area (Å²) < 4.78 is 28.8. The summed E-state index contributed by atoms with van der Waals surface area (Å²) in [5.74, 6) is -2.96. The Labute approximate surface area is 98.8 Å². The Morgan fingerprint density at radius 1 is 1.24 bits per heavy atom. The van der Waals surface area contributed by atoms with Gasteiger partial charge in [0, 0.05) is 34.6 Å². The topological polar surface area (TPSA) is 41.8 Å². The molecule has 1 aromatic carbocycles. The zero-order valence-electron chi connectivity index (χ0n) is 9.93. The summed E-state index contributed by atoms with van der Waals surface area (Å²) in [5.41, 5.74) is 4.92. The molecule has 0 aliphatic heterocycles. The third kappa shape index (κ3) is 1.72. The summed E-state index contributed by atoms with van der Waals surface area (Å²) in [6.45, 7) is 2.89. The van der Waals surface area contributed by atoms with Gasteiger partial charge in [-0.1, -0.05) is 32.0 Å². The molecule has 0 bridgehead atoms. The Bertz CT molecular complexity index is 529. The van der Waals surface area contributed by atoms with Crippen molar-refractivity contribution in [3.8, 4) is 0 Å². The van der Waals surface area contributed by atoms with Gasteiger partial charge in [-0.15, -0.1) is 0 Å². The normalized spacial score (nSPS) is 13.2. The van der Waals surface area contributed by atoms with E-state index in [4.69, 9.17) is 5.73 Å². The van der Waals surface area contributed by atoms with Gasteiger partial charge in [-0.05, 0) is 6.07 Å². The van der Waals surface area contributed by atoms with Gasteiger partial charge in [0.2, 0.25) is 0 Å². The minimum absolute atomic E-state index is 0.0172. The monoisotopic (exact) mass is 238 g/mol. The van der Waals surface area contributed by atoms with Crippen molar-refractivity contribution in [1.82, 2.24) is 4.98 Å². The Kier molecular flexibility index (Phi) is 2.70. The van der Waals surface area contributed by atoms with Crippen LogP contribution in [0, 0.1) is 5.41 Å². The average molecular weight is 238 g/mol. The molecule has 0 saturated heterocycles. The number of hydrogen-bond acceptors (Lipinski definition) is 1. The second kappa shape index (κ2) is 3.81. The molecule has 0 atom stereocenters. The number of aromatic amines is 1. The molecule has 4 heteroatoms. The summed E-state index contributed by atoms with van der Waals surface area (Å²) in [4.78, 5) is 2.87. The van der Waals surface area contributed by atoms with E-state index in [1.54, 1.807) is 18.2 Å². The summed E-state index contributed by atoms with van der Waals surface area (Å²) in [7, 11) is 0. The zero-order chi connectivity index (χ0) is 12.7. The van der Waals surface area contributed by atoms with Gasteiger partial charge >= 0.3 is 0 Å². The van der Waals surface area contributed by atoms with Crippen LogP contribution in [0.3, 0.4) is 0 Å². The molecule has 0 radical (unpaired) electrons. The molecule has 0 spiro atoms. The summed E-state index contributed by atoms with van der Waals surface area (Å²) in [6, 6.07) is 7.05. The number of hydrogen-bond donors (Lipinski definition) is 2. The lowest BCUT2D eigenvalue weighted by Crippen LogP contribution is -2.40. The number of halogens is 2. The fraction of sp³-hybridized carbons (Fsp3) is 0.385. The first kappa shape index (κ1) is 12.0. The van der Waals surface area contributed by atoms with Crippen molar-refractivity contribution in [2.75, 3.05) is 6.54 Å². The largest absolute Gasteiger partial charge is 0.361 e. The molecule has 0 saturated carbocycles. The van der Waals surface area contributed by atoms with Crippen LogP contribution in [-0.4, -0.2) is 11.5 Å². The Hall–Kier alpha value is -1.42. The molecule has 3 N–H and O–H groups in total. The lowest BCUT2D eigenvalue weighted by Gasteiger charge is -2.32. The molecular formula is C13H16F2N2. The van der Waals surface area contributed by atoms with E-state index in [0.29, 0.717) is 5.39 Å². The van der Waals surface area contributed by atoms with Crippen LogP contribution in [0.15, 0.2) is 30.5 Å². The third-order valence-electron chi connectivity index (χ3n) is 3.29. The van der Waals surface area contributed by atoms with Gasteiger partial charge in [-0.2, -0.15) is 0 Å². The number of fused-ring (bicyclic) bond motifs is 1. The molecule has 1 aromatic heterocycles. The molecule has 2 rings (SSSR count). The summed E-state index contributed by atoms with van der Waals surface area (Å²) >= 11 is 0. The van der Waals surface area contributed by atoms with Gasteiger partial charge in [-0.25, -0.2) is 8.78 Å². The first-order chi connectivity index (χ1) is 7.90. The third-order valence-corrected chi connectivity index (χ3v) is 3.29. The minimum Gasteiger partial charge on any atom is -0.361 e. The molecule has 2 aromatic rings. The zero-order valence-corrected chi connectivity index (χ0v) is 9.93. The van der Waals surface area contributed by atoms with Crippen LogP contribution in [0.25, 0.3) is 10.9 Å². The van der Waals surface area contributed by atoms with E-state index in [-0.39, 0.29) is 12.1 Å². The maximum absolute atomic E-state index is 14.4. The highest BCUT2D eigenvalue weighted by atomic mass is 19.3. The molecule has 0 amide bonds. The first-order valence-corrected chi connectivity index (χ1v) is 5.54. The summed E-state index contributed by atoms with van der Waals surface area (Å²) in [6.07, 6.45) is 1.38. The van der Waals surface area contributed by atoms with Gasteiger partial charge in [-0.3, -0.25) is 0 Å². The van der Waals surface area contributed by atoms with Crippen LogP contribution in [0.1, 0.15) is 19.4 Å². The molecule has 0 aliphatic carbocycles. The fourth-order valence-corrected chi connectivity index (χ4v) is 1.82. The van der Waals surface area contributed by atoms with Crippen LogP contribution < -0.4 is 5.73 Å². The first-order valence-electron chi connectivity index (χ1n) is 5.54. The van der Waals surface area contributed by atoms with E-state index >= 15 is 0 Å². The van der Waals surface area contributed by atoms with Crippen molar-refractivity contribution in [2.45, 2.75) is 19.8 Å². The Morgan fingerprint density at radius 2 is 1.88 bits per heavy atom. The van der Waals surface area contributed by atoms with Crippen molar-refractivity contribution < 1.29 is 8.78 Å². The highest BCUT2D eigenvalue weighted by molar-refractivity contribution is 5.83. The van der Waals surface area contributed by atoms with Crippen LogP contribution in [0.4, 0.5) is 8.78 Å². The van der Waals surface area contributed by atoms with E-state index in [1.165, 1.54) is 20.0 Å². The molecular weight excluding hydrogens is 222 g/mol. The number of nitrogens with one attached hydrogen (secondary N) is 1. The van der Waals surface area contributed by atoms with Crippen LogP contribution in [0.5, 0.6) is 0 Å². The molecule has 1 heterocycles. The molecule has 0 aliphatic rings. The maximum Gasteiger partial charge on any atom is 0.281 e. The van der Waals surface area contributed by atoms with E-state index in [1.807, 2.05) is 6.07 Å². The molecule has 2 nitrogen and oxygen atoms in total. The van der Waals surface area contributed by atoms with Gasteiger partial charge in [0.05, 0.1) is 0 Å². The van der Waals surface area contributed by atoms with E-state index < -0.39 is 11.3 Å². The minimum atomic E-state index is -2.96. The highest BCUT2D eigenvalue weighted by Crippen LogP contribution is 2.46. The molecule has 17 heavy (non-hydrogen) atoms.